The van der Waals surface area contributed by atoms with Crippen molar-refractivity contribution in [3.05, 3.63) is 66.0 Å². The number of ether oxygens (including phenoxy) is 3. The number of hydrogen-bond donors (Lipinski definition) is 0. The Bertz CT molecular complexity index is 1050. The van der Waals surface area contributed by atoms with Crippen molar-refractivity contribution in [1.29, 1.82) is 0 Å². The van der Waals surface area contributed by atoms with Crippen LogP contribution in [0.5, 0.6) is 11.8 Å². The maximum Gasteiger partial charge on any atom is 0.573 e. The lowest BCUT2D eigenvalue weighted by molar-refractivity contribution is -0.274. The van der Waals surface area contributed by atoms with Crippen LogP contribution in [0, 0.1) is 11.6 Å². The van der Waals surface area contributed by atoms with E-state index in [2.05, 4.69) is 14.8 Å². The van der Waals surface area contributed by atoms with Crippen LogP contribution in [0.2, 0.25) is 0 Å². The second-order valence-corrected chi connectivity index (χ2v) is 6.56. The molecule has 1 aliphatic heterocycles. The van der Waals surface area contributed by atoms with E-state index in [0.29, 0.717) is 5.69 Å². The molecule has 0 N–H and O–H groups in total. The second-order valence-electron chi connectivity index (χ2n) is 6.56. The van der Waals surface area contributed by atoms with Crippen LogP contribution in [0.3, 0.4) is 0 Å². The molecule has 0 saturated carbocycles. The Kier molecular flexibility index (Phi) is 4.85. The predicted molar refractivity (Wildman–Crippen MR) is 92.1 cm³/mol. The lowest BCUT2D eigenvalue weighted by atomic mass is 9.94. The molecule has 2 heterocycles. The predicted octanol–water partition coefficient (Wildman–Crippen LogP) is 4.14. The zero-order chi connectivity index (χ0) is 21.5. The SMILES string of the molecule is C[C@@H](Oc1ncnn1-c1ccc(OC(F)(F)F)cc1)[C@@]1(c2ccc(F)cc2F)CO1. The van der Waals surface area contributed by atoms with Crippen LogP contribution in [0.15, 0.2) is 48.8 Å². The zero-order valence-electron chi connectivity index (χ0n) is 15.4. The van der Waals surface area contributed by atoms with Crippen molar-refractivity contribution in [2.45, 2.75) is 25.0 Å². The van der Waals surface area contributed by atoms with Crippen LogP contribution in [0.25, 0.3) is 5.69 Å². The number of alkyl halides is 3. The molecule has 0 aliphatic carbocycles. The van der Waals surface area contributed by atoms with Crippen molar-refractivity contribution in [3.63, 3.8) is 0 Å². The van der Waals surface area contributed by atoms with Crippen LogP contribution < -0.4 is 9.47 Å². The summed E-state index contributed by atoms with van der Waals surface area (Å²) in [6, 6.07) is 8.13. The van der Waals surface area contributed by atoms with E-state index in [9.17, 15) is 22.0 Å². The minimum atomic E-state index is -4.80. The highest BCUT2D eigenvalue weighted by molar-refractivity contribution is 5.38. The monoisotopic (exact) mass is 427 g/mol. The van der Waals surface area contributed by atoms with Crippen molar-refractivity contribution in [2.75, 3.05) is 6.61 Å². The number of halogens is 5. The fraction of sp³-hybridized carbons (Fsp3) is 0.263. The Morgan fingerprint density at radius 2 is 1.83 bits per heavy atom. The van der Waals surface area contributed by atoms with E-state index in [1.54, 1.807) is 6.92 Å². The van der Waals surface area contributed by atoms with Gasteiger partial charge in [-0.3, -0.25) is 0 Å². The van der Waals surface area contributed by atoms with E-state index in [0.717, 1.165) is 24.3 Å². The van der Waals surface area contributed by atoms with Gasteiger partial charge >= 0.3 is 12.4 Å². The third kappa shape index (κ3) is 3.92. The first-order chi connectivity index (χ1) is 14.2. The van der Waals surface area contributed by atoms with Crippen LogP contribution in [0.1, 0.15) is 12.5 Å². The minimum absolute atomic E-state index is 0.0179. The normalized spacial score (nSPS) is 19.4. The van der Waals surface area contributed by atoms with E-state index in [1.807, 2.05) is 0 Å². The summed E-state index contributed by atoms with van der Waals surface area (Å²) in [5.41, 5.74) is -0.599. The van der Waals surface area contributed by atoms with Gasteiger partial charge < -0.3 is 14.2 Å². The number of hydrogen-bond acceptors (Lipinski definition) is 5. The molecule has 2 aromatic carbocycles. The van der Waals surface area contributed by atoms with Crippen molar-refractivity contribution in [1.82, 2.24) is 14.8 Å². The van der Waals surface area contributed by atoms with Crippen LogP contribution in [0.4, 0.5) is 22.0 Å². The molecule has 11 heteroatoms. The molecule has 4 rings (SSSR count). The summed E-state index contributed by atoms with van der Waals surface area (Å²) in [5.74, 6) is -1.86. The molecule has 0 spiro atoms. The van der Waals surface area contributed by atoms with Crippen LogP contribution in [-0.2, 0) is 10.3 Å². The third-order valence-corrected chi connectivity index (χ3v) is 4.61. The first kappa shape index (κ1) is 20.1. The third-order valence-electron chi connectivity index (χ3n) is 4.61. The molecule has 2 atom stereocenters. The van der Waals surface area contributed by atoms with Gasteiger partial charge in [-0.25, -0.2) is 8.78 Å². The molecule has 1 aromatic heterocycles. The second kappa shape index (κ2) is 7.24. The van der Waals surface area contributed by atoms with Crippen molar-refractivity contribution < 1.29 is 36.2 Å². The maximum atomic E-state index is 14.2. The molecule has 30 heavy (non-hydrogen) atoms. The average molecular weight is 427 g/mol. The number of epoxide rings is 1. The Morgan fingerprint density at radius 3 is 2.43 bits per heavy atom. The van der Waals surface area contributed by atoms with Gasteiger partial charge in [0.05, 0.1) is 12.3 Å². The lowest BCUT2D eigenvalue weighted by Gasteiger charge is -2.22. The maximum absolute atomic E-state index is 14.2. The molecular weight excluding hydrogens is 413 g/mol. The highest BCUT2D eigenvalue weighted by atomic mass is 19.4. The van der Waals surface area contributed by atoms with E-state index < -0.39 is 29.7 Å². The van der Waals surface area contributed by atoms with Gasteiger partial charge in [0.2, 0.25) is 0 Å². The van der Waals surface area contributed by atoms with Gasteiger partial charge in [0.1, 0.15) is 29.8 Å². The number of aromatic nitrogens is 3. The smallest absolute Gasteiger partial charge is 0.457 e. The van der Waals surface area contributed by atoms with Crippen LogP contribution >= 0.6 is 0 Å². The van der Waals surface area contributed by atoms with Gasteiger partial charge in [0, 0.05) is 11.6 Å². The Morgan fingerprint density at radius 1 is 1.13 bits per heavy atom. The summed E-state index contributed by atoms with van der Waals surface area (Å²) in [7, 11) is 0. The summed E-state index contributed by atoms with van der Waals surface area (Å²) in [4.78, 5) is 3.99. The molecule has 6 nitrogen and oxygen atoms in total. The molecule has 0 bridgehead atoms. The molecule has 0 radical (unpaired) electrons. The molecule has 158 valence electrons. The molecule has 1 aliphatic rings. The number of benzene rings is 2. The number of rotatable bonds is 6. The molecule has 0 amide bonds. The Balaban J connectivity index is 1.54. The average Bonchev–Trinajstić information content (AvgIpc) is 3.34. The molecule has 0 unspecified atom stereocenters. The number of nitrogens with zero attached hydrogens (tertiary/aromatic N) is 3. The lowest BCUT2D eigenvalue weighted by Crippen LogP contribution is -2.32. The van der Waals surface area contributed by atoms with Gasteiger partial charge in [-0.05, 0) is 37.3 Å². The quantitative estimate of drug-likeness (QED) is 0.437. The summed E-state index contributed by atoms with van der Waals surface area (Å²) in [5, 5.41) is 4.00. The highest BCUT2D eigenvalue weighted by Gasteiger charge is 2.54. The Labute approximate surface area is 166 Å². The first-order valence-corrected chi connectivity index (χ1v) is 8.70. The van der Waals surface area contributed by atoms with Gasteiger partial charge in [-0.2, -0.15) is 14.8 Å². The van der Waals surface area contributed by atoms with Gasteiger partial charge in [-0.1, -0.05) is 6.07 Å². The highest BCUT2D eigenvalue weighted by Crippen LogP contribution is 2.44. The van der Waals surface area contributed by atoms with E-state index in [4.69, 9.17) is 9.47 Å². The summed E-state index contributed by atoms with van der Waals surface area (Å²) >= 11 is 0. The Hall–Kier alpha value is -3.21. The van der Waals surface area contributed by atoms with Crippen molar-refractivity contribution >= 4 is 0 Å². The van der Waals surface area contributed by atoms with Crippen LogP contribution in [-0.4, -0.2) is 33.8 Å². The summed E-state index contributed by atoms with van der Waals surface area (Å²) in [6.07, 6.45) is -4.33. The van der Waals surface area contributed by atoms with Gasteiger partial charge in [0.15, 0.2) is 5.60 Å². The zero-order valence-corrected chi connectivity index (χ0v) is 15.4. The summed E-state index contributed by atoms with van der Waals surface area (Å²) < 4.78 is 80.7. The molecule has 3 aromatic rings. The van der Waals surface area contributed by atoms with Crippen molar-refractivity contribution in [2.24, 2.45) is 0 Å². The van der Waals surface area contributed by atoms with E-state index >= 15 is 0 Å². The fourth-order valence-corrected chi connectivity index (χ4v) is 3.05. The topological polar surface area (TPSA) is 61.7 Å². The van der Waals surface area contributed by atoms with Crippen molar-refractivity contribution in [3.8, 4) is 17.4 Å². The largest absolute Gasteiger partial charge is 0.573 e. The molecule has 1 saturated heterocycles. The molecule has 1 fully saturated rings. The van der Waals surface area contributed by atoms with E-state index in [-0.39, 0.29) is 23.9 Å². The first-order valence-electron chi connectivity index (χ1n) is 8.70. The van der Waals surface area contributed by atoms with Gasteiger partial charge in [-0.15, -0.1) is 13.2 Å². The fourth-order valence-electron chi connectivity index (χ4n) is 3.05. The summed E-state index contributed by atoms with van der Waals surface area (Å²) in [6.45, 7) is 1.80. The molecular formula is C19H14F5N3O3. The standard InChI is InChI=1S/C19H14F5N3O3/c1-11(18(9-28-18)15-7-2-12(20)8-16(15)21)29-17-25-10-26-27(17)13-3-5-14(6-4-13)30-19(22,23)24/h2-8,10-11H,9H2,1H3/t11-,18-/m1/s1. The van der Waals surface area contributed by atoms with Gasteiger partial charge in [0.25, 0.3) is 0 Å². The minimum Gasteiger partial charge on any atom is -0.457 e. The van der Waals surface area contributed by atoms with E-state index in [1.165, 1.54) is 29.2 Å².